The van der Waals surface area contributed by atoms with E-state index in [1.165, 1.54) is 12.1 Å². The van der Waals surface area contributed by atoms with Crippen LogP contribution in [0.2, 0.25) is 0 Å². The van der Waals surface area contributed by atoms with Crippen LogP contribution in [-0.4, -0.2) is 10.2 Å². The van der Waals surface area contributed by atoms with Crippen molar-refractivity contribution in [2.24, 2.45) is 0 Å². The van der Waals surface area contributed by atoms with Gasteiger partial charge in [-0.1, -0.05) is 0 Å². The fourth-order valence-corrected chi connectivity index (χ4v) is 1.51. The Morgan fingerprint density at radius 1 is 1.00 bits per heavy atom. The number of halogens is 1. The second-order valence-electron chi connectivity index (χ2n) is 3.69. The van der Waals surface area contributed by atoms with Crippen LogP contribution >= 0.6 is 0 Å². The highest BCUT2D eigenvalue weighted by Gasteiger charge is 2.09. The molecule has 0 atom stereocenters. The maximum absolute atomic E-state index is 12.8. The molecule has 0 aliphatic heterocycles. The number of nitrogens with two attached hydrogens (primary N) is 1. The third-order valence-corrected chi connectivity index (χ3v) is 2.68. The molecule has 0 fully saturated rings. The molecule has 2 N–H and O–H groups in total. The summed E-state index contributed by atoms with van der Waals surface area (Å²) in [5, 5.41) is 7.91. The van der Waals surface area contributed by atoms with Gasteiger partial charge in [0.05, 0.1) is 5.69 Å². The van der Waals surface area contributed by atoms with Crippen molar-refractivity contribution in [1.29, 1.82) is 0 Å². The fourth-order valence-electron chi connectivity index (χ4n) is 1.51. The van der Waals surface area contributed by atoms with E-state index in [0.29, 0.717) is 5.82 Å². The maximum Gasteiger partial charge on any atom is 0.149 e. The van der Waals surface area contributed by atoms with Gasteiger partial charge in [0.1, 0.15) is 11.6 Å². The van der Waals surface area contributed by atoms with E-state index in [2.05, 4.69) is 10.2 Å². The molecule has 0 saturated carbocycles. The Balaban J connectivity index is 2.57. The van der Waals surface area contributed by atoms with Crippen molar-refractivity contribution in [1.82, 2.24) is 10.2 Å². The molecule has 0 aliphatic carbocycles. The Hall–Kier alpha value is -1.97. The first-order valence-electron chi connectivity index (χ1n) is 4.95. The van der Waals surface area contributed by atoms with Crippen molar-refractivity contribution in [3.8, 4) is 11.3 Å². The van der Waals surface area contributed by atoms with Crippen molar-refractivity contribution in [3.63, 3.8) is 0 Å². The van der Waals surface area contributed by atoms with Crippen LogP contribution in [0.1, 0.15) is 11.1 Å². The molecule has 0 unspecified atom stereocenters. The lowest BCUT2D eigenvalue weighted by molar-refractivity contribution is 0.628. The van der Waals surface area contributed by atoms with Crippen LogP contribution in [0.5, 0.6) is 0 Å². The molecule has 1 heterocycles. The molecule has 0 aliphatic rings. The van der Waals surface area contributed by atoms with Crippen molar-refractivity contribution < 1.29 is 4.39 Å². The summed E-state index contributed by atoms with van der Waals surface area (Å²) < 4.78 is 12.8. The number of nitrogen functional groups attached to an aromatic ring is 1. The molecule has 1 aromatic heterocycles. The number of hydrogen-bond donors (Lipinski definition) is 1. The van der Waals surface area contributed by atoms with Gasteiger partial charge in [0.25, 0.3) is 0 Å². The molecule has 0 spiro atoms. The normalized spacial score (nSPS) is 10.4. The number of anilines is 1. The molecular formula is C12H12FN3. The first-order valence-corrected chi connectivity index (χ1v) is 4.95. The average molecular weight is 217 g/mol. The van der Waals surface area contributed by atoms with Crippen molar-refractivity contribution in [2.45, 2.75) is 13.8 Å². The number of hydrogen-bond acceptors (Lipinski definition) is 3. The molecule has 16 heavy (non-hydrogen) atoms. The van der Waals surface area contributed by atoms with Crippen LogP contribution in [0.3, 0.4) is 0 Å². The van der Waals surface area contributed by atoms with E-state index in [-0.39, 0.29) is 5.82 Å². The Bertz CT molecular complexity index is 521. The molecule has 3 nitrogen and oxygen atoms in total. The van der Waals surface area contributed by atoms with Gasteiger partial charge in [-0.25, -0.2) is 4.39 Å². The monoisotopic (exact) mass is 217 g/mol. The fraction of sp³-hybridized carbons (Fsp3) is 0.167. The van der Waals surface area contributed by atoms with Crippen molar-refractivity contribution in [3.05, 3.63) is 41.2 Å². The predicted octanol–water partition coefficient (Wildman–Crippen LogP) is 2.48. The lowest BCUT2D eigenvalue weighted by Gasteiger charge is -2.08. The zero-order chi connectivity index (χ0) is 11.7. The Morgan fingerprint density at radius 2 is 1.62 bits per heavy atom. The minimum absolute atomic E-state index is 0.262. The first-order chi connectivity index (χ1) is 7.59. The Labute approximate surface area is 93.1 Å². The van der Waals surface area contributed by atoms with Gasteiger partial charge in [0, 0.05) is 5.56 Å². The lowest BCUT2D eigenvalue weighted by Crippen LogP contribution is -2.01. The quantitative estimate of drug-likeness (QED) is 0.798. The van der Waals surface area contributed by atoms with E-state index in [9.17, 15) is 4.39 Å². The van der Waals surface area contributed by atoms with Gasteiger partial charge in [-0.3, -0.25) is 0 Å². The van der Waals surface area contributed by atoms with Gasteiger partial charge in [-0.05, 0) is 49.2 Å². The number of nitrogens with zero attached hydrogens (tertiary/aromatic N) is 2. The summed E-state index contributed by atoms with van der Waals surface area (Å²) in [6.45, 7) is 3.82. The topological polar surface area (TPSA) is 51.8 Å². The van der Waals surface area contributed by atoms with E-state index in [1.54, 1.807) is 12.1 Å². The highest BCUT2D eigenvalue weighted by Crippen LogP contribution is 2.24. The summed E-state index contributed by atoms with van der Waals surface area (Å²) in [6.07, 6.45) is 0. The van der Waals surface area contributed by atoms with Gasteiger partial charge in [0.2, 0.25) is 0 Å². The molecule has 0 saturated heterocycles. The Kier molecular flexibility index (Phi) is 2.56. The minimum atomic E-state index is -0.262. The molecular weight excluding hydrogens is 205 g/mol. The van der Waals surface area contributed by atoms with Gasteiger partial charge in [-0.15, -0.1) is 10.2 Å². The molecule has 1 aromatic carbocycles. The van der Waals surface area contributed by atoms with E-state index in [0.717, 1.165) is 22.4 Å². The van der Waals surface area contributed by atoms with Crippen LogP contribution in [0.15, 0.2) is 24.3 Å². The van der Waals surface area contributed by atoms with Crippen LogP contribution in [0.4, 0.5) is 10.2 Å². The largest absolute Gasteiger partial charge is 0.382 e. The van der Waals surface area contributed by atoms with Gasteiger partial charge in [-0.2, -0.15) is 0 Å². The molecule has 4 heteroatoms. The molecule has 0 bridgehead atoms. The minimum Gasteiger partial charge on any atom is -0.382 e. The molecule has 0 radical (unpaired) electrons. The highest BCUT2D eigenvalue weighted by molar-refractivity contribution is 5.65. The van der Waals surface area contributed by atoms with Gasteiger partial charge >= 0.3 is 0 Å². The van der Waals surface area contributed by atoms with Crippen LogP contribution < -0.4 is 5.73 Å². The van der Waals surface area contributed by atoms with E-state index >= 15 is 0 Å². The zero-order valence-electron chi connectivity index (χ0n) is 9.16. The van der Waals surface area contributed by atoms with E-state index in [4.69, 9.17) is 5.73 Å². The highest BCUT2D eigenvalue weighted by atomic mass is 19.1. The smallest absolute Gasteiger partial charge is 0.149 e. The Morgan fingerprint density at radius 3 is 2.25 bits per heavy atom. The van der Waals surface area contributed by atoms with E-state index in [1.807, 2.05) is 13.8 Å². The number of rotatable bonds is 1. The first kappa shape index (κ1) is 10.5. The third-order valence-electron chi connectivity index (χ3n) is 2.68. The summed E-state index contributed by atoms with van der Waals surface area (Å²) in [5.74, 6) is 0.171. The predicted molar refractivity (Wildman–Crippen MR) is 61.3 cm³/mol. The second kappa shape index (κ2) is 3.89. The summed E-state index contributed by atoms with van der Waals surface area (Å²) in [5.41, 5.74) is 9.13. The van der Waals surface area contributed by atoms with Crippen molar-refractivity contribution >= 4 is 5.82 Å². The SMILES string of the molecule is Cc1c(N)nnc(-c2ccc(F)cc2)c1C. The third kappa shape index (κ3) is 1.74. The van der Waals surface area contributed by atoms with Crippen LogP contribution in [0.25, 0.3) is 11.3 Å². The number of benzene rings is 1. The summed E-state index contributed by atoms with van der Waals surface area (Å²) in [4.78, 5) is 0. The summed E-state index contributed by atoms with van der Waals surface area (Å²) in [7, 11) is 0. The van der Waals surface area contributed by atoms with Crippen molar-refractivity contribution in [2.75, 3.05) is 5.73 Å². The lowest BCUT2D eigenvalue weighted by atomic mass is 10.0. The average Bonchev–Trinajstić information content (AvgIpc) is 2.28. The van der Waals surface area contributed by atoms with Crippen LogP contribution in [0, 0.1) is 19.7 Å². The molecule has 2 aromatic rings. The molecule has 82 valence electrons. The summed E-state index contributed by atoms with van der Waals surface area (Å²) in [6, 6.07) is 6.17. The van der Waals surface area contributed by atoms with E-state index < -0.39 is 0 Å². The number of aromatic nitrogens is 2. The molecule has 2 rings (SSSR count). The van der Waals surface area contributed by atoms with Crippen LogP contribution in [-0.2, 0) is 0 Å². The maximum atomic E-state index is 12.8. The second-order valence-corrected chi connectivity index (χ2v) is 3.69. The molecule has 0 amide bonds. The standard InChI is InChI=1S/C12H12FN3/c1-7-8(2)12(14)16-15-11(7)9-3-5-10(13)6-4-9/h3-6H,1-2H3,(H2,14,16). The van der Waals surface area contributed by atoms with Gasteiger partial charge < -0.3 is 5.73 Å². The summed E-state index contributed by atoms with van der Waals surface area (Å²) >= 11 is 0. The van der Waals surface area contributed by atoms with Gasteiger partial charge in [0.15, 0.2) is 0 Å². The zero-order valence-corrected chi connectivity index (χ0v) is 9.16.